The second-order valence-corrected chi connectivity index (χ2v) is 4.89. The quantitative estimate of drug-likeness (QED) is 0.819. The van der Waals surface area contributed by atoms with Crippen molar-refractivity contribution in [1.29, 1.82) is 0 Å². The first-order valence-corrected chi connectivity index (χ1v) is 5.76. The zero-order valence-corrected chi connectivity index (χ0v) is 9.75. The van der Waals surface area contributed by atoms with Crippen LogP contribution >= 0.6 is 22.9 Å². The maximum atomic E-state index is 5.93. The zero-order valence-electron chi connectivity index (χ0n) is 8.17. The summed E-state index contributed by atoms with van der Waals surface area (Å²) in [5.41, 5.74) is 0. The molecule has 2 rings (SSSR count). The maximum absolute atomic E-state index is 5.93. The summed E-state index contributed by atoms with van der Waals surface area (Å²) in [7, 11) is 1.97. The fourth-order valence-electron chi connectivity index (χ4n) is 1.38. The van der Waals surface area contributed by atoms with Gasteiger partial charge in [0.05, 0.1) is 0 Å². The van der Waals surface area contributed by atoms with E-state index >= 15 is 0 Å². The first-order valence-electron chi connectivity index (χ1n) is 4.57. The standard InChI is InChI=1S/C11H12ClNS/c1-7(13-2)10-5-8-3-4-9(12)6-11(8)14-10/h3-7,13H,1-2H3. The first-order chi connectivity index (χ1) is 6.70. The molecule has 0 amide bonds. The molecule has 0 aliphatic carbocycles. The van der Waals surface area contributed by atoms with Crippen LogP contribution in [0, 0.1) is 0 Å². The van der Waals surface area contributed by atoms with Crippen LogP contribution < -0.4 is 5.32 Å². The van der Waals surface area contributed by atoms with Crippen molar-refractivity contribution in [1.82, 2.24) is 5.32 Å². The van der Waals surface area contributed by atoms with Gasteiger partial charge in [0.25, 0.3) is 0 Å². The lowest BCUT2D eigenvalue weighted by molar-refractivity contribution is 0.664. The van der Waals surface area contributed by atoms with Crippen LogP contribution in [0.2, 0.25) is 5.02 Å². The predicted molar refractivity (Wildman–Crippen MR) is 64.3 cm³/mol. The summed E-state index contributed by atoms with van der Waals surface area (Å²) in [6.07, 6.45) is 0. The minimum Gasteiger partial charge on any atom is -0.313 e. The van der Waals surface area contributed by atoms with Crippen LogP contribution in [0.1, 0.15) is 17.8 Å². The molecular weight excluding hydrogens is 214 g/mol. The van der Waals surface area contributed by atoms with E-state index in [9.17, 15) is 0 Å². The SMILES string of the molecule is CNC(C)c1cc2ccc(Cl)cc2s1. The molecule has 1 heterocycles. The van der Waals surface area contributed by atoms with Gasteiger partial charge >= 0.3 is 0 Å². The third kappa shape index (κ3) is 1.78. The summed E-state index contributed by atoms with van der Waals surface area (Å²) in [4.78, 5) is 1.35. The summed E-state index contributed by atoms with van der Waals surface area (Å²) in [5, 5.41) is 5.32. The minimum atomic E-state index is 0.408. The third-order valence-electron chi connectivity index (χ3n) is 2.36. The molecule has 0 fully saturated rings. The summed E-state index contributed by atoms with van der Waals surface area (Å²) >= 11 is 7.73. The molecule has 1 N–H and O–H groups in total. The van der Waals surface area contributed by atoms with Crippen molar-refractivity contribution in [2.75, 3.05) is 7.05 Å². The fourth-order valence-corrected chi connectivity index (χ4v) is 2.78. The van der Waals surface area contributed by atoms with E-state index in [1.807, 2.05) is 19.2 Å². The van der Waals surface area contributed by atoms with Gasteiger partial charge < -0.3 is 5.32 Å². The van der Waals surface area contributed by atoms with E-state index in [2.05, 4.69) is 24.4 Å². The van der Waals surface area contributed by atoms with E-state index in [4.69, 9.17) is 11.6 Å². The number of thiophene rings is 1. The van der Waals surface area contributed by atoms with E-state index in [0.29, 0.717) is 6.04 Å². The maximum Gasteiger partial charge on any atom is 0.0420 e. The van der Waals surface area contributed by atoms with Gasteiger partial charge in [0.15, 0.2) is 0 Å². The van der Waals surface area contributed by atoms with Crippen LogP contribution in [0.5, 0.6) is 0 Å². The van der Waals surface area contributed by atoms with Crippen LogP contribution in [0.3, 0.4) is 0 Å². The van der Waals surface area contributed by atoms with Crippen molar-refractivity contribution < 1.29 is 0 Å². The molecule has 1 aromatic heterocycles. The highest BCUT2D eigenvalue weighted by Crippen LogP contribution is 2.31. The van der Waals surface area contributed by atoms with Gasteiger partial charge in [-0.15, -0.1) is 11.3 Å². The highest BCUT2D eigenvalue weighted by molar-refractivity contribution is 7.19. The molecule has 1 unspecified atom stereocenters. The van der Waals surface area contributed by atoms with Crippen LogP contribution in [-0.2, 0) is 0 Å². The summed E-state index contributed by atoms with van der Waals surface area (Å²) in [6.45, 7) is 2.16. The highest BCUT2D eigenvalue weighted by atomic mass is 35.5. The topological polar surface area (TPSA) is 12.0 Å². The number of hydrogen-bond donors (Lipinski definition) is 1. The van der Waals surface area contributed by atoms with Crippen LogP contribution in [-0.4, -0.2) is 7.05 Å². The molecule has 0 radical (unpaired) electrons. The Kier molecular flexibility index (Phi) is 2.77. The van der Waals surface area contributed by atoms with Gasteiger partial charge in [-0.25, -0.2) is 0 Å². The summed E-state index contributed by atoms with van der Waals surface area (Å²) < 4.78 is 1.26. The summed E-state index contributed by atoms with van der Waals surface area (Å²) in [6, 6.07) is 8.65. The van der Waals surface area contributed by atoms with Gasteiger partial charge in [0.1, 0.15) is 0 Å². The molecular formula is C11H12ClNS. The van der Waals surface area contributed by atoms with Gasteiger partial charge in [0, 0.05) is 20.6 Å². The van der Waals surface area contributed by atoms with Crippen LogP contribution in [0.4, 0.5) is 0 Å². The van der Waals surface area contributed by atoms with E-state index < -0.39 is 0 Å². The molecule has 0 spiro atoms. The molecule has 74 valence electrons. The molecule has 0 saturated carbocycles. The largest absolute Gasteiger partial charge is 0.313 e. The van der Waals surface area contributed by atoms with Crippen molar-refractivity contribution in [3.63, 3.8) is 0 Å². The zero-order chi connectivity index (χ0) is 10.1. The van der Waals surface area contributed by atoms with Gasteiger partial charge in [0.2, 0.25) is 0 Å². The number of benzene rings is 1. The Hall–Kier alpha value is -0.570. The molecule has 1 aromatic carbocycles. The third-order valence-corrected chi connectivity index (χ3v) is 3.88. The van der Waals surface area contributed by atoms with Crippen LogP contribution in [0.25, 0.3) is 10.1 Å². The lowest BCUT2D eigenvalue weighted by Crippen LogP contribution is -2.10. The molecule has 0 saturated heterocycles. The Bertz CT molecular complexity index is 449. The van der Waals surface area contributed by atoms with Gasteiger partial charge in [-0.05, 0) is 37.6 Å². The van der Waals surface area contributed by atoms with Crippen molar-refractivity contribution >= 4 is 33.0 Å². The number of fused-ring (bicyclic) bond motifs is 1. The molecule has 3 heteroatoms. The molecule has 2 aromatic rings. The number of nitrogens with one attached hydrogen (secondary N) is 1. The Labute approximate surface area is 92.7 Å². The van der Waals surface area contributed by atoms with Crippen molar-refractivity contribution in [3.8, 4) is 0 Å². The molecule has 0 aliphatic rings. The van der Waals surface area contributed by atoms with Crippen LogP contribution in [0.15, 0.2) is 24.3 Å². The summed E-state index contributed by atoms with van der Waals surface area (Å²) in [5.74, 6) is 0. The van der Waals surface area contributed by atoms with Crippen molar-refractivity contribution in [2.45, 2.75) is 13.0 Å². The average molecular weight is 226 g/mol. The van der Waals surface area contributed by atoms with Gasteiger partial charge in [-0.1, -0.05) is 17.7 Å². The smallest absolute Gasteiger partial charge is 0.0420 e. The van der Waals surface area contributed by atoms with Gasteiger partial charge in [-0.2, -0.15) is 0 Å². The molecule has 0 aliphatic heterocycles. The Morgan fingerprint density at radius 2 is 2.14 bits per heavy atom. The minimum absolute atomic E-state index is 0.408. The molecule has 14 heavy (non-hydrogen) atoms. The highest BCUT2D eigenvalue weighted by Gasteiger charge is 2.07. The first kappa shape index (κ1) is 9.97. The molecule has 1 nitrogen and oxygen atoms in total. The van der Waals surface area contributed by atoms with Crippen molar-refractivity contribution in [2.24, 2.45) is 0 Å². The average Bonchev–Trinajstić information content (AvgIpc) is 2.59. The normalized spacial score (nSPS) is 13.4. The molecule has 1 atom stereocenters. The lowest BCUT2D eigenvalue weighted by atomic mass is 10.2. The monoisotopic (exact) mass is 225 g/mol. The Balaban J connectivity index is 2.51. The van der Waals surface area contributed by atoms with E-state index in [0.717, 1.165) is 5.02 Å². The Morgan fingerprint density at radius 3 is 2.86 bits per heavy atom. The second-order valence-electron chi connectivity index (χ2n) is 3.34. The van der Waals surface area contributed by atoms with E-state index in [-0.39, 0.29) is 0 Å². The molecule has 0 bridgehead atoms. The second kappa shape index (κ2) is 3.89. The Morgan fingerprint density at radius 1 is 1.36 bits per heavy atom. The fraction of sp³-hybridized carbons (Fsp3) is 0.273. The van der Waals surface area contributed by atoms with E-state index in [1.165, 1.54) is 15.0 Å². The predicted octanol–water partition coefficient (Wildman–Crippen LogP) is 3.84. The number of rotatable bonds is 2. The van der Waals surface area contributed by atoms with E-state index in [1.54, 1.807) is 11.3 Å². The van der Waals surface area contributed by atoms with Crippen molar-refractivity contribution in [3.05, 3.63) is 34.2 Å². The van der Waals surface area contributed by atoms with Gasteiger partial charge in [-0.3, -0.25) is 0 Å². The number of hydrogen-bond acceptors (Lipinski definition) is 2. The lowest BCUT2D eigenvalue weighted by Gasteiger charge is -2.05. The number of halogens is 1.